The molecule has 0 aliphatic heterocycles. The number of para-hydroxylation sites is 1. The number of hydrogen-bond acceptors (Lipinski definition) is 4. The van der Waals surface area contributed by atoms with Crippen molar-refractivity contribution in [3.8, 4) is 0 Å². The third-order valence-corrected chi connectivity index (χ3v) is 4.14. The number of carbonyl (C=O) groups is 2. The summed E-state index contributed by atoms with van der Waals surface area (Å²) in [5.41, 5.74) is 9.55. The van der Waals surface area contributed by atoms with E-state index in [9.17, 15) is 9.59 Å². The fourth-order valence-corrected chi connectivity index (χ4v) is 2.48. The number of benzene rings is 2. The number of ether oxygens (including phenoxy) is 1. The topological polar surface area (TPSA) is 81.4 Å². The molecule has 0 bridgehead atoms. The van der Waals surface area contributed by atoms with E-state index in [1.165, 1.54) is 5.56 Å². The molecule has 5 nitrogen and oxygen atoms in total. The highest BCUT2D eigenvalue weighted by atomic mass is 16.5. The number of nitrogens with two attached hydrogens (primary N) is 1. The van der Waals surface area contributed by atoms with Gasteiger partial charge >= 0.3 is 5.97 Å². The van der Waals surface area contributed by atoms with Gasteiger partial charge in [-0.15, -0.1) is 0 Å². The molecule has 0 aromatic heterocycles. The van der Waals surface area contributed by atoms with Crippen LogP contribution < -0.4 is 11.1 Å². The number of rotatable bonds is 6. The third kappa shape index (κ3) is 4.83. The van der Waals surface area contributed by atoms with E-state index < -0.39 is 5.97 Å². The fourth-order valence-electron chi connectivity index (χ4n) is 2.48. The van der Waals surface area contributed by atoms with Crippen molar-refractivity contribution in [1.29, 1.82) is 0 Å². The average Bonchev–Trinajstić information content (AvgIpc) is 2.62. The number of esters is 1. The summed E-state index contributed by atoms with van der Waals surface area (Å²) in [6, 6.07) is 13.0. The standard InChI is InChI=1S/C20H24N2O3/c1-4-15-8-10-16(11-9-15)14(3)22-18(23)12-25-20(24)17-7-5-6-13(2)19(17)21/h5-11,14H,4,12,21H2,1-3H3,(H,22,23)/t14-/m0/s1. The molecule has 25 heavy (non-hydrogen) atoms. The van der Waals surface area contributed by atoms with Crippen LogP contribution in [0.5, 0.6) is 0 Å². The number of nitrogens with one attached hydrogen (secondary N) is 1. The maximum Gasteiger partial charge on any atom is 0.340 e. The molecule has 0 heterocycles. The molecule has 132 valence electrons. The molecule has 1 atom stereocenters. The van der Waals surface area contributed by atoms with Crippen molar-refractivity contribution in [2.75, 3.05) is 12.3 Å². The predicted molar refractivity (Wildman–Crippen MR) is 98.3 cm³/mol. The van der Waals surface area contributed by atoms with Gasteiger partial charge in [-0.05, 0) is 43.0 Å². The first-order valence-corrected chi connectivity index (χ1v) is 8.32. The van der Waals surface area contributed by atoms with Gasteiger partial charge < -0.3 is 15.8 Å². The summed E-state index contributed by atoms with van der Waals surface area (Å²) in [5, 5.41) is 2.82. The zero-order valence-electron chi connectivity index (χ0n) is 14.8. The van der Waals surface area contributed by atoms with Crippen LogP contribution in [0, 0.1) is 6.92 Å². The van der Waals surface area contributed by atoms with Crippen molar-refractivity contribution in [3.63, 3.8) is 0 Å². The van der Waals surface area contributed by atoms with Crippen LogP contribution in [-0.4, -0.2) is 18.5 Å². The lowest BCUT2D eigenvalue weighted by Crippen LogP contribution is -2.31. The molecule has 0 fully saturated rings. The minimum Gasteiger partial charge on any atom is -0.452 e. The first kappa shape index (κ1) is 18.5. The Kier molecular flexibility index (Phi) is 6.17. The average molecular weight is 340 g/mol. The second kappa shape index (κ2) is 8.33. The van der Waals surface area contributed by atoms with Gasteiger partial charge in [0.1, 0.15) is 0 Å². The molecule has 2 aromatic rings. The summed E-state index contributed by atoms with van der Waals surface area (Å²) in [5.74, 6) is -0.956. The van der Waals surface area contributed by atoms with Gasteiger partial charge in [-0.2, -0.15) is 0 Å². The van der Waals surface area contributed by atoms with E-state index in [1.54, 1.807) is 12.1 Å². The van der Waals surface area contributed by atoms with E-state index in [4.69, 9.17) is 10.5 Å². The minimum atomic E-state index is -0.601. The normalized spacial score (nSPS) is 11.6. The van der Waals surface area contributed by atoms with Gasteiger partial charge in [0.2, 0.25) is 0 Å². The Balaban J connectivity index is 1.89. The minimum absolute atomic E-state index is 0.166. The van der Waals surface area contributed by atoms with Crippen LogP contribution in [0.2, 0.25) is 0 Å². The molecule has 1 amide bonds. The van der Waals surface area contributed by atoms with E-state index in [0.29, 0.717) is 5.69 Å². The van der Waals surface area contributed by atoms with Gasteiger partial charge in [0, 0.05) is 5.69 Å². The van der Waals surface area contributed by atoms with Gasteiger partial charge in [0.05, 0.1) is 11.6 Å². The van der Waals surface area contributed by atoms with E-state index >= 15 is 0 Å². The molecule has 0 saturated heterocycles. The van der Waals surface area contributed by atoms with Crippen molar-refractivity contribution in [2.24, 2.45) is 0 Å². The maximum absolute atomic E-state index is 12.1. The molecule has 3 N–H and O–H groups in total. The Labute approximate surface area is 148 Å². The lowest BCUT2D eigenvalue weighted by Gasteiger charge is -2.15. The molecule has 2 rings (SSSR count). The molecular formula is C20H24N2O3. The Hall–Kier alpha value is -2.82. The summed E-state index contributed by atoms with van der Waals surface area (Å²) in [6.45, 7) is 5.45. The first-order valence-electron chi connectivity index (χ1n) is 8.32. The number of carbonyl (C=O) groups excluding carboxylic acids is 2. The molecule has 0 aliphatic rings. The van der Waals surface area contributed by atoms with Crippen molar-refractivity contribution in [2.45, 2.75) is 33.2 Å². The molecular weight excluding hydrogens is 316 g/mol. The summed E-state index contributed by atoms with van der Waals surface area (Å²) < 4.78 is 5.07. The summed E-state index contributed by atoms with van der Waals surface area (Å²) in [7, 11) is 0. The number of nitrogen functional groups attached to an aromatic ring is 1. The smallest absolute Gasteiger partial charge is 0.340 e. The van der Waals surface area contributed by atoms with Crippen LogP contribution in [0.1, 0.15) is 46.9 Å². The predicted octanol–water partition coefficient (Wildman–Crippen LogP) is 3.17. The fraction of sp³-hybridized carbons (Fsp3) is 0.300. The molecule has 0 aliphatic carbocycles. The van der Waals surface area contributed by atoms with Gasteiger partial charge in [-0.3, -0.25) is 4.79 Å². The molecule has 2 aromatic carbocycles. The van der Waals surface area contributed by atoms with Crippen molar-refractivity contribution >= 4 is 17.6 Å². The summed E-state index contributed by atoms with van der Waals surface area (Å²) in [6.07, 6.45) is 0.971. The van der Waals surface area contributed by atoms with Gasteiger partial charge in [0.25, 0.3) is 5.91 Å². The molecule has 0 saturated carbocycles. The highest BCUT2D eigenvalue weighted by Gasteiger charge is 2.15. The van der Waals surface area contributed by atoms with Crippen LogP contribution in [0.15, 0.2) is 42.5 Å². The largest absolute Gasteiger partial charge is 0.452 e. The van der Waals surface area contributed by atoms with Gasteiger partial charge in [0.15, 0.2) is 6.61 Å². The van der Waals surface area contributed by atoms with Crippen LogP contribution in [0.3, 0.4) is 0 Å². The van der Waals surface area contributed by atoms with E-state index in [1.807, 2.05) is 44.2 Å². The number of hydrogen-bond donors (Lipinski definition) is 2. The number of amides is 1. The lowest BCUT2D eigenvalue weighted by molar-refractivity contribution is -0.124. The van der Waals surface area contributed by atoms with Crippen molar-refractivity contribution < 1.29 is 14.3 Å². The molecule has 5 heteroatoms. The van der Waals surface area contributed by atoms with Crippen molar-refractivity contribution in [3.05, 3.63) is 64.7 Å². The SMILES string of the molecule is CCc1ccc([C@H](C)NC(=O)COC(=O)c2cccc(C)c2N)cc1. The third-order valence-electron chi connectivity index (χ3n) is 4.14. The quantitative estimate of drug-likeness (QED) is 0.625. The lowest BCUT2D eigenvalue weighted by atomic mass is 10.1. The van der Waals surface area contributed by atoms with E-state index in [-0.39, 0.29) is 24.1 Å². The van der Waals surface area contributed by atoms with Gasteiger partial charge in [-0.1, -0.05) is 43.3 Å². The number of aryl methyl sites for hydroxylation is 2. The first-order chi connectivity index (χ1) is 11.9. The second-order valence-corrected chi connectivity index (χ2v) is 6.00. The Bertz CT molecular complexity index is 754. The van der Waals surface area contributed by atoms with Crippen LogP contribution in [0.4, 0.5) is 5.69 Å². The highest BCUT2D eigenvalue weighted by molar-refractivity contribution is 5.96. The number of anilines is 1. The maximum atomic E-state index is 12.1. The van der Waals surface area contributed by atoms with E-state index in [2.05, 4.69) is 12.2 Å². The zero-order valence-corrected chi connectivity index (χ0v) is 14.8. The van der Waals surface area contributed by atoms with E-state index in [0.717, 1.165) is 17.5 Å². The Morgan fingerprint density at radius 1 is 1.16 bits per heavy atom. The van der Waals surface area contributed by atoms with Crippen LogP contribution in [0.25, 0.3) is 0 Å². The summed E-state index contributed by atoms with van der Waals surface area (Å²) >= 11 is 0. The Morgan fingerprint density at radius 2 is 1.84 bits per heavy atom. The van der Waals surface area contributed by atoms with Crippen LogP contribution in [-0.2, 0) is 16.0 Å². The molecule has 0 spiro atoms. The monoisotopic (exact) mass is 340 g/mol. The van der Waals surface area contributed by atoms with Crippen molar-refractivity contribution in [1.82, 2.24) is 5.32 Å². The molecule has 0 unspecified atom stereocenters. The zero-order chi connectivity index (χ0) is 18.4. The van der Waals surface area contributed by atoms with Gasteiger partial charge in [-0.25, -0.2) is 4.79 Å². The Morgan fingerprint density at radius 3 is 2.48 bits per heavy atom. The highest BCUT2D eigenvalue weighted by Crippen LogP contribution is 2.17. The second-order valence-electron chi connectivity index (χ2n) is 6.00. The molecule has 0 radical (unpaired) electrons. The van der Waals surface area contributed by atoms with Crippen LogP contribution >= 0.6 is 0 Å². The summed E-state index contributed by atoms with van der Waals surface area (Å²) in [4.78, 5) is 24.1.